The highest BCUT2D eigenvalue weighted by atomic mass is 15.2. The number of hydrogen-bond donors (Lipinski definition) is 1. The quantitative estimate of drug-likeness (QED) is 0.829. The van der Waals surface area contributed by atoms with Gasteiger partial charge in [-0.3, -0.25) is 5.32 Å². The maximum Gasteiger partial charge on any atom is 0.122 e. The Bertz CT molecular complexity index is 341. The van der Waals surface area contributed by atoms with E-state index in [0.717, 1.165) is 19.6 Å². The van der Waals surface area contributed by atoms with Crippen LogP contribution in [0.2, 0.25) is 0 Å². The Labute approximate surface area is 118 Å². The van der Waals surface area contributed by atoms with Crippen molar-refractivity contribution in [1.29, 1.82) is 5.26 Å². The first-order valence-corrected chi connectivity index (χ1v) is 7.78. The van der Waals surface area contributed by atoms with E-state index in [9.17, 15) is 5.26 Å². The maximum atomic E-state index is 9.73. The second-order valence-corrected chi connectivity index (χ2v) is 7.60. The normalized spacial score (nSPS) is 26.9. The van der Waals surface area contributed by atoms with E-state index in [-0.39, 0.29) is 5.54 Å². The van der Waals surface area contributed by atoms with Gasteiger partial charge in [0.1, 0.15) is 5.54 Å². The molecule has 1 saturated heterocycles. The van der Waals surface area contributed by atoms with E-state index < -0.39 is 0 Å². The molecule has 0 aromatic heterocycles. The van der Waals surface area contributed by atoms with Crippen LogP contribution in [-0.4, -0.2) is 36.1 Å². The summed E-state index contributed by atoms with van der Waals surface area (Å²) in [6.07, 6.45) is 4.93. The summed E-state index contributed by atoms with van der Waals surface area (Å²) in [5.41, 5.74) is 0.173. The average molecular weight is 263 g/mol. The number of likely N-dealkylation sites (tertiary alicyclic amines) is 1. The third-order valence-electron chi connectivity index (χ3n) is 4.70. The Morgan fingerprint density at radius 2 is 1.89 bits per heavy atom. The van der Waals surface area contributed by atoms with E-state index >= 15 is 0 Å². The molecule has 1 heterocycles. The molecule has 0 aromatic rings. The second kappa shape index (κ2) is 5.42. The SMILES string of the molecule is CC(C)NC(C#N)(CN1CCC(C)(C)CC1)C1CC1. The minimum absolute atomic E-state index is 0.310. The van der Waals surface area contributed by atoms with Crippen molar-refractivity contribution in [2.24, 2.45) is 11.3 Å². The second-order valence-electron chi connectivity index (χ2n) is 7.60. The molecular weight excluding hydrogens is 234 g/mol. The minimum atomic E-state index is -0.310. The first kappa shape index (κ1) is 14.8. The fourth-order valence-corrected chi connectivity index (χ4v) is 3.21. The molecule has 19 heavy (non-hydrogen) atoms. The Hall–Kier alpha value is -0.590. The molecule has 0 spiro atoms. The number of piperidine rings is 1. The maximum absolute atomic E-state index is 9.73. The van der Waals surface area contributed by atoms with Crippen LogP contribution < -0.4 is 5.32 Å². The average Bonchev–Trinajstić information content (AvgIpc) is 3.14. The molecule has 0 aromatic carbocycles. The van der Waals surface area contributed by atoms with Gasteiger partial charge in [0.05, 0.1) is 6.07 Å². The van der Waals surface area contributed by atoms with Crippen LogP contribution >= 0.6 is 0 Å². The molecule has 3 heteroatoms. The van der Waals surface area contributed by atoms with Gasteiger partial charge in [0.25, 0.3) is 0 Å². The highest BCUT2D eigenvalue weighted by molar-refractivity contribution is 5.17. The van der Waals surface area contributed by atoms with Crippen LogP contribution in [0, 0.1) is 22.7 Å². The van der Waals surface area contributed by atoms with Crippen LogP contribution in [0.4, 0.5) is 0 Å². The van der Waals surface area contributed by atoms with Gasteiger partial charge in [-0.25, -0.2) is 0 Å². The largest absolute Gasteiger partial charge is 0.300 e. The van der Waals surface area contributed by atoms with E-state index in [1.807, 2.05) is 0 Å². The highest BCUT2D eigenvalue weighted by Gasteiger charge is 2.47. The number of nitrogens with one attached hydrogen (secondary N) is 1. The summed E-state index contributed by atoms with van der Waals surface area (Å²) in [6.45, 7) is 12.2. The Balaban J connectivity index is 1.99. The standard InChI is InChI=1S/C16H29N3/c1-13(2)18-16(11-17,14-5-6-14)12-19-9-7-15(3,4)8-10-19/h13-14,18H,5-10,12H2,1-4H3. The molecule has 0 amide bonds. The van der Waals surface area contributed by atoms with Gasteiger partial charge in [0.2, 0.25) is 0 Å². The molecule has 2 rings (SSSR count). The zero-order valence-corrected chi connectivity index (χ0v) is 13.0. The van der Waals surface area contributed by atoms with Gasteiger partial charge in [0, 0.05) is 12.6 Å². The van der Waals surface area contributed by atoms with Gasteiger partial charge in [-0.05, 0) is 64.0 Å². The predicted molar refractivity (Wildman–Crippen MR) is 78.8 cm³/mol. The third-order valence-corrected chi connectivity index (χ3v) is 4.70. The van der Waals surface area contributed by atoms with Gasteiger partial charge < -0.3 is 4.90 Å². The van der Waals surface area contributed by atoms with Gasteiger partial charge >= 0.3 is 0 Å². The molecule has 2 aliphatic rings. The number of hydrogen-bond acceptors (Lipinski definition) is 3. The molecule has 1 atom stereocenters. The van der Waals surface area contributed by atoms with E-state index in [4.69, 9.17) is 0 Å². The van der Waals surface area contributed by atoms with Crippen molar-refractivity contribution in [2.75, 3.05) is 19.6 Å². The van der Waals surface area contributed by atoms with Crippen molar-refractivity contribution < 1.29 is 0 Å². The van der Waals surface area contributed by atoms with Crippen molar-refractivity contribution in [3.63, 3.8) is 0 Å². The fraction of sp³-hybridized carbons (Fsp3) is 0.938. The van der Waals surface area contributed by atoms with E-state index in [2.05, 4.69) is 44.0 Å². The predicted octanol–water partition coefficient (Wildman–Crippen LogP) is 2.78. The van der Waals surface area contributed by atoms with Crippen LogP contribution in [0.25, 0.3) is 0 Å². The molecule has 1 aliphatic heterocycles. The summed E-state index contributed by atoms with van der Waals surface area (Å²) >= 11 is 0. The number of rotatable bonds is 5. The summed E-state index contributed by atoms with van der Waals surface area (Å²) in [5.74, 6) is 0.565. The molecule has 1 saturated carbocycles. The Kier molecular flexibility index (Phi) is 4.23. The molecule has 1 aliphatic carbocycles. The molecule has 1 N–H and O–H groups in total. The molecular formula is C16H29N3. The summed E-state index contributed by atoms with van der Waals surface area (Å²) in [7, 11) is 0. The lowest BCUT2D eigenvalue weighted by molar-refractivity contribution is 0.103. The van der Waals surface area contributed by atoms with Crippen LogP contribution in [-0.2, 0) is 0 Å². The molecule has 0 bridgehead atoms. The van der Waals surface area contributed by atoms with E-state index in [1.54, 1.807) is 0 Å². The smallest absolute Gasteiger partial charge is 0.122 e. The van der Waals surface area contributed by atoms with Gasteiger partial charge in [0.15, 0.2) is 0 Å². The summed E-state index contributed by atoms with van der Waals surface area (Å²) in [6, 6.07) is 3.00. The lowest BCUT2D eigenvalue weighted by Crippen LogP contribution is -2.57. The van der Waals surface area contributed by atoms with E-state index in [1.165, 1.54) is 25.7 Å². The van der Waals surface area contributed by atoms with Crippen molar-refractivity contribution in [2.45, 2.75) is 65.0 Å². The minimum Gasteiger partial charge on any atom is -0.300 e. The fourth-order valence-electron chi connectivity index (χ4n) is 3.21. The molecule has 3 nitrogen and oxygen atoms in total. The van der Waals surface area contributed by atoms with Gasteiger partial charge in [-0.1, -0.05) is 13.8 Å². The first-order chi connectivity index (χ1) is 8.87. The first-order valence-electron chi connectivity index (χ1n) is 7.78. The van der Waals surface area contributed by atoms with Gasteiger partial charge in [-0.15, -0.1) is 0 Å². The van der Waals surface area contributed by atoms with Crippen LogP contribution in [0.15, 0.2) is 0 Å². The third kappa shape index (κ3) is 3.70. The summed E-state index contributed by atoms with van der Waals surface area (Å²) in [5, 5.41) is 13.3. The molecule has 0 radical (unpaired) electrons. The number of nitriles is 1. The van der Waals surface area contributed by atoms with Crippen molar-refractivity contribution in [3.05, 3.63) is 0 Å². The molecule has 2 fully saturated rings. The van der Waals surface area contributed by atoms with Crippen molar-refractivity contribution in [3.8, 4) is 6.07 Å². The highest BCUT2D eigenvalue weighted by Crippen LogP contribution is 2.41. The zero-order chi connectivity index (χ0) is 14.1. The Morgan fingerprint density at radius 1 is 1.32 bits per heavy atom. The summed E-state index contributed by atoms with van der Waals surface area (Å²) in [4.78, 5) is 2.50. The lowest BCUT2D eigenvalue weighted by Gasteiger charge is -2.41. The number of nitrogens with zero attached hydrogens (tertiary/aromatic N) is 2. The van der Waals surface area contributed by atoms with Crippen LogP contribution in [0.1, 0.15) is 53.4 Å². The van der Waals surface area contributed by atoms with Gasteiger partial charge in [-0.2, -0.15) is 5.26 Å². The van der Waals surface area contributed by atoms with Crippen molar-refractivity contribution in [1.82, 2.24) is 10.2 Å². The zero-order valence-electron chi connectivity index (χ0n) is 13.0. The van der Waals surface area contributed by atoms with Crippen LogP contribution in [0.5, 0.6) is 0 Å². The monoisotopic (exact) mass is 263 g/mol. The van der Waals surface area contributed by atoms with Crippen LogP contribution in [0.3, 0.4) is 0 Å². The molecule has 108 valence electrons. The van der Waals surface area contributed by atoms with E-state index in [0.29, 0.717) is 17.4 Å². The molecule has 1 unspecified atom stereocenters. The lowest BCUT2D eigenvalue weighted by atomic mass is 9.82. The van der Waals surface area contributed by atoms with Crippen molar-refractivity contribution >= 4 is 0 Å². The Morgan fingerprint density at radius 3 is 2.32 bits per heavy atom. The topological polar surface area (TPSA) is 39.1 Å². The summed E-state index contributed by atoms with van der Waals surface area (Å²) < 4.78 is 0.